The highest BCUT2D eigenvalue weighted by molar-refractivity contribution is 5.90. The normalized spacial score (nSPS) is 13.7. The summed E-state index contributed by atoms with van der Waals surface area (Å²) in [7, 11) is 0. The summed E-state index contributed by atoms with van der Waals surface area (Å²) in [6.45, 7) is 22.6. The predicted molar refractivity (Wildman–Crippen MR) is 168 cm³/mol. The summed E-state index contributed by atoms with van der Waals surface area (Å²) in [6, 6.07) is 15.2. The van der Waals surface area contributed by atoms with Crippen LogP contribution in [-0.2, 0) is 19.1 Å². The molecule has 2 rings (SSSR count). The fourth-order valence-electron chi connectivity index (χ4n) is 5.74. The Labute approximate surface area is 253 Å². The first-order chi connectivity index (χ1) is 19.5. The third-order valence-corrected chi connectivity index (χ3v) is 8.49. The predicted octanol–water partition coefficient (Wildman–Crippen LogP) is 7.61. The molecule has 2 N–H and O–H groups in total. The van der Waals surface area contributed by atoms with Crippen molar-refractivity contribution in [3.8, 4) is 0 Å². The van der Waals surface area contributed by atoms with Crippen LogP contribution in [0.1, 0.15) is 104 Å². The maximum atomic E-state index is 13.9. The zero-order chi connectivity index (χ0) is 32.0. The van der Waals surface area contributed by atoms with E-state index < -0.39 is 29.2 Å². The van der Waals surface area contributed by atoms with Gasteiger partial charge in [0.05, 0.1) is 12.1 Å². The highest BCUT2D eigenvalue weighted by atomic mass is 16.7. The van der Waals surface area contributed by atoms with Crippen molar-refractivity contribution in [1.29, 1.82) is 0 Å². The van der Waals surface area contributed by atoms with E-state index in [1.54, 1.807) is 0 Å². The van der Waals surface area contributed by atoms with Gasteiger partial charge in [-0.15, -0.1) is 0 Å². The summed E-state index contributed by atoms with van der Waals surface area (Å²) in [6.07, 6.45) is -1.05. The van der Waals surface area contributed by atoms with Crippen LogP contribution < -0.4 is 10.6 Å². The third kappa shape index (κ3) is 7.53. The second-order valence-electron chi connectivity index (χ2n) is 12.9. The van der Waals surface area contributed by atoms with Gasteiger partial charge in [-0.25, -0.2) is 4.79 Å². The number of nitrogens with one attached hydrogen (secondary N) is 2. The maximum Gasteiger partial charge on any atom is 0.510 e. The molecule has 0 saturated heterocycles. The number of rotatable bonds is 12. The van der Waals surface area contributed by atoms with Gasteiger partial charge in [0.15, 0.2) is 11.2 Å². The van der Waals surface area contributed by atoms with E-state index in [9.17, 15) is 14.4 Å². The SMILES string of the molecule is Cc1ccc(C(C)NC(=O)C(OC(=O)OC(C(=O)NC(C)c2ccc(C)cc2)(C(C)C)C(C)C)(C(C)C)C(C)C)cc1. The Morgan fingerprint density at radius 1 is 0.524 bits per heavy atom. The van der Waals surface area contributed by atoms with E-state index in [1.165, 1.54) is 0 Å². The Kier molecular flexibility index (Phi) is 11.8. The van der Waals surface area contributed by atoms with Crippen LogP contribution in [0.2, 0.25) is 0 Å². The lowest BCUT2D eigenvalue weighted by Gasteiger charge is -2.42. The zero-order valence-electron chi connectivity index (χ0n) is 27.6. The molecule has 0 fully saturated rings. The average molecular weight is 581 g/mol. The second-order valence-corrected chi connectivity index (χ2v) is 12.9. The van der Waals surface area contributed by atoms with Crippen molar-refractivity contribution in [2.75, 3.05) is 0 Å². The molecule has 0 spiro atoms. The van der Waals surface area contributed by atoms with Gasteiger partial charge in [0, 0.05) is 23.7 Å². The van der Waals surface area contributed by atoms with Crippen LogP contribution in [0, 0.1) is 37.5 Å². The minimum Gasteiger partial charge on any atom is -0.417 e. The van der Waals surface area contributed by atoms with Gasteiger partial charge >= 0.3 is 6.16 Å². The van der Waals surface area contributed by atoms with Crippen molar-refractivity contribution in [3.05, 3.63) is 70.8 Å². The second kappa shape index (κ2) is 14.2. The van der Waals surface area contributed by atoms with Gasteiger partial charge in [-0.1, -0.05) is 115 Å². The summed E-state index contributed by atoms with van der Waals surface area (Å²) in [5.74, 6) is -2.32. The number of carbonyl (C=O) groups excluding carboxylic acids is 3. The lowest BCUT2D eigenvalue weighted by molar-refractivity contribution is -0.173. The number of aryl methyl sites for hydroxylation is 2. The minimum absolute atomic E-state index is 0.311. The Morgan fingerprint density at radius 3 is 1.02 bits per heavy atom. The first kappa shape index (κ1) is 34.8. The van der Waals surface area contributed by atoms with Gasteiger partial charge in [0.25, 0.3) is 11.8 Å². The van der Waals surface area contributed by atoms with E-state index in [4.69, 9.17) is 9.47 Å². The van der Waals surface area contributed by atoms with Crippen molar-refractivity contribution < 1.29 is 23.9 Å². The number of benzene rings is 2. The molecular formula is C35H52N2O5. The lowest BCUT2D eigenvalue weighted by Crippen LogP contribution is -2.60. The van der Waals surface area contributed by atoms with Crippen molar-refractivity contribution in [2.24, 2.45) is 23.7 Å². The molecule has 232 valence electrons. The average Bonchev–Trinajstić information content (AvgIpc) is 2.89. The molecule has 7 heteroatoms. The molecule has 0 aromatic heterocycles. The Morgan fingerprint density at radius 2 is 0.786 bits per heavy atom. The van der Waals surface area contributed by atoms with Gasteiger partial charge in [0.1, 0.15) is 0 Å². The Bertz CT molecular complexity index is 1090. The Hall–Kier alpha value is -3.35. The molecule has 0 heterocycles. The molecule has 0 aliphatic rings. The molecule has 0 bridgehead atoms. The molecular weight excluding hydrogens is 528 g/mol. The van der Waals surface area contributed by atoms with E-state index in [0.29, 0.717) is 0 Å². The first-order valence-electron chi connectivity index (χ1n) is 15.2. The van der Waals surface area contributed by atoms with Crippen LogP contribution in [0.25, 0.3) is 0 Å². The molecule has 2 aromatic carbocycles. The van der Waals surface area contributed by atoms with Crippen LogP contribution in [0.4, 0.5) is 4.79 Å². The molecule has 0 aliphatic carbocycles. The fourth-order valence-corrected chi connectivity index (χ4v) is 5.74. The molecule has 42 heavy (non-hydrogen) atoms. The molecule has 0 saturated carbocycles. The van der Waals surface area contributed by atoms with Crippen molar-refractivity contribution in [2.45, 2.75) is 106 Å². The van der Waals surface area contributed by atoms with E-state index in [2.05, 4.69) is 10.6 Å². The molecule has 0 radical (unpaired) electrons. The largest absolute Gasteiger partial charge is 0.510 e. The summed E-state index contributed by atoms with van der Waals surface area (Å²) < 4.78 is 12.1. The number of ether oxygens (including phenoxy) is 2. The molecule has 7 nitrogen and oxygen atoms in total. The lowest BCUT2D eigenvalue weighted by atomic mass is 9.78. The van der Waals surface area contributed by atoms with E-state index >= 15 is 0 Å². The fraction of sp³-hybridized carbons (Fsp3) is 0.571. The highest BCUT2D eigenvalue weighted by Gasteiger charge is 2.53. The topological polar surface area (TPSA) is 93.7 Å². The number of carbonyl (C=O) groups is 3. The molecule has 2 atom stereocenters. The highest BCUT2D eigenvalue weighted by Crippen LogP contribution is 2.36. The maximum absolute atomic E-state index is 13.9. The van der Waals surface area contributed by atoms with Crippen molar-refractivity contribution in [3.63, 3.8) is 0 Å². The van der Waals surface area contributed by atoms with E-state index in [0.717, 1.165) is 22.3 Å². The third-order valence-electron chi connectivity index (χ3n) is 8.49. The van der Waals surface area contributed by atoms with Crippen LogP contribution in [-0.4, -0.2) is 29.2 Å². The molecule has 2 unspecified atom stereocenters. The summed E-state index contributed by atoms with van der Waals surface area (Å²) >= 11 is 0. The van der Waals surface area contributed by atoms with Crippen LogP contribution in [0.3, 0.4) is 0 Å². The quantitative estimate of drug-likeness (QED) is 0.252. The number of amides is 2. The van der Waals surface area contributed by atoms with Gasteiger partial charge in [0.2, 0.25) is 0 Å². The first-order valence-corrected chi connectivity index (χ1v) is 15.2. The number of hydrogen-bond donors (Lipinski definition) is 2. The summed E-state index contributed by atoms with van der Waals surface area (Å²) in [5.41, 5.74) is 1.08. The molecule has 2 aromatic rings. The van der Waals surface area contributed by atoms with Gasteiger partial charge in [-0.05, 0) is 38.8 Å². The van der Waals surface area contributed by atoms with Crippen molar-refractivity contribution in [1.82, 2.24) is 10.6 Å². The van der Waals surface area contributed by atoms with Crippen LogP contribution >= 0.6 is 0 Å². The van der Waals surface area contributed by atoms with Crippen molar-refractivity contribution >= 4 is 18.0 Å². The summed E-state index contributed by atoms with van der Waals surface area (Å²) in [5, 5.41) is 6.11. The standard InChI is InChI=1S/C35H52N2O5/c1-21(2)34(22(3)4,31(38)36-27(11)29-17-13-25(9)14-18-29)41-33(40)42-35(23(5)6,24(7)8)32(39)37-28(12)30-19-15-26(10)16-20-30/h13-24,27-28H,1-12H3,(H,36,38)(H,37,39). The van der Waals surface area contributed by atoms with Gasteiger partial charge in [-0.2, -0.15) is 0 Å². The van der Waals surface area contributed by atoms with E-state index in [1.807, 2.05) is 132 Å². The minimum atomic E-state index is -1.53. The Balaban J connectivity index is 2.37. The number of hydrogen-bond acceptors (Lipinski definition) is 5. The summed E-state index contributed by atoms with van der Waals surface area (Å²) in [4.78, 5) is 41.5. The van der Waals surface area contributed by atoms with Gasteiger partial charge in [-0.3, -0.25) is 9.59 Å². The van der Waals surface area contributed by atoms with Gasteiger partial charge < -0.3 is 20.1 Å². The molecule has 0 aliphatic heterocycles. The molecule has 2 amide bonds. The zero-order valence-corrected chi connectivity index (χ0v) is 27.6. The van der Waals surface area contributed by atoms with E-state index in [-0.39, 0.29) is 35.8 Å². The smallest absolute Gasteiger partial charge is 0.417 e. The van der Waals surface area contributed by atoms with Crippen LogP contribution in [0.5, 0.6) is 0 Å². The monoisotopic (exact) mass is 580 g/mol. The van der Waals surface area contributed by atoms with Crippen LogP contribution in [0.15, 0.2) is 48.5 Å².